The van der Waals surface area contributed by atoms with Gasteiger partial charge in [0.15, 0.2) is 17.2 Å². The topological polar surface area (TPSA) is 67.1 Å². The van der Waals surface area contributed by atoms with Crippen molar-refractivity contribution < 1.29 is 23.4 Å². The van der Waals surface area contributed by atoms with Crippen molar-refractivity contribution in [2.45, 2.75) is 0 Å². The molecule has 0 amide bonds. The van der Waals surface area contributed by atoms with Crippen molar-refractivity contribution in [3.63, 3.8) is 0 Å². The molecule has 0 atom stereocenters. The van der Waals surface area contributed by atoms with Crippen LogP contribution in [0, 0.1) is 0 Å². The van der Waals surface area contributed by atoms with Gasteiger partial charge in [0.25, 0.3) is 0 Å². The Balaban J connectivity index is 2.33. The van der Waals surface area contributed by atoms with Crippen molar-refractivity contribution in [1.82, 2.24) is 0 Å². The molecule has 0 aliphatic rings. The van der Waals surface area contributed by atoms with Crippen LogP contribution in [0.25, 0.3) is 12.2 Å². The van der Waals surface area contributed by atoms with Gasteiger partial charge in [-0.05, 0) is 23.8 Å². The van der Waals surface area contributed by atoms with Crippen molar-refractivity contribution in [3.05, 3.63) is 46.0 Å². The Hall–Kier alpha value is -2.89. The Morgan fingerprint density at radius 3 is 2.13 bits per heavy atom. The molecule has 2 aromatic rings. The molecule has 0 N–H and O–H groups in total. The second kappa shape index (κ2) is 7.40. The molecule has 0 aliphatic carbocycles. The Morgan fingerprint density at radius 1 is 0.826 bits per heavy atom. The summed E-state index contributed by atoms with van der Waals surface area (Å²) in [7, 11) is 5.98. The molecule has 0 bridgehead atoms. The Kier molecular flexibility index (Phi) is 5.30. The zero-order valence-corrected chi connectivity index (χ0v) is 13.4. The predicted molar refractivity (Wildman–Crippen MR) is 86.6 cm³/mol. The van der Waals surface area contributed by atoms with E-state index >= 15 is 0 Å². The van der Waals surface area contributed by atoms with Crippen LogP contribution in [0.2, 0.25) is 0 Å². The molecule has 6 nitrogen and oxygen atoms in total. The van der Waals surface area contributed by atoms with Crippen molar-refractivity contribution in [3.8, 4) is 23.0 Å². The summed E-state index contributed by atoms with van der Waals surface area (Å²) in [5.74, 6) is 1.96. The maximum Gasteiger partial charge on any atom is 0.383 e. The van der Waals surface area contributed by atoms with Crippen molar-refractivity contribution in [2.24, 2.45) is 0 Å². The van der Waals surface area contributed by atoms with E-state index in [1.807, 2.05) is 12.1 Å². The van der Waals surface area contributed by atoms with E-state index in [1.54, 1.807) is 38.5 Å². The van der Waals surface area contributed by atoms with Crippen LogP contribution >= 0.6 is 0 Å². The fourth-order valence-corrected chi connectivity index (χ4v) is 2.03. The fraction of sp³-hybridized carbons (Fsp3) is 0.235. The highest BCUT2D eigenvalue weighted by Crippen LogP contribution is 2.29. The first kappa shape index (κ1) is 16.5. The molecule has 0 aliphatic heterocycles. The van der Waals surface area contributed by atoms with E-state index in [0.717, 1.165) is 5.56 Å². The average Bonchev–Trinajstić information content (AvgIpc) is 2.58. The van der Waals surface area contributed by atoms with Gasteiger partial charge in [0.2, 0.25) is 5.75 Å². The molecule has 0 radical (unpaired) electrons. The van der Waals surface area contributed by atoms with Gasteiger partial charge in [0, 0.05) is 6.07 Å². The number of benzene rings is 1. The molecule has 0 saturated heterocycles. The SMILES string of the molecule is COc1ccc(/C=C/c2cc(OC)c(OC)c(=O)o2)cc1OC. The van der Waals surface area contributed by atoms with Crippen LogP contribution in [0.4, 0.5) is 0 Å². The Labute approximate surface area is 133 Å². The lowest BCUT2D eigenvalue weighted by molar-refractivity contribution is 0.327. The van der Waals surface area contributed by atoms with E-state index in [-0.39, 0.29) is 5.75 Å². The minimum Gasteiger partial charge on any atom is -0.493 e. The molecule has 1 aromatic carbocycles. The van der Waals surface area contributed by atoms with Crippen molar-refractivity contribution in [2.75, 3.05) is 28.4 Å². The molecule has 0 spiro atoms. The highest BCUT2D eigenvalue weighted by Gasteiger charge is 2.11. The van der Waals surface area contributed by atoms with Crippen LogP contribution in [0.15, 0.2) is 33.5 Å². The Morgan fingerprint density at radius 2 is 1.52 bits per heavy atom. The standard InChI is InChI=1S/C17H18O6/c1-19-13-8-6-11(9-14(13)20-2)5-7-12-10-15(21-3)16(22-4)17(18)23-12/h5-10H,1-4H3/b7-5+. The van der Waals surface area contributed by atoms with Gasteiger partial charge in [0.05, 0.1) is 28.4 Å². The van der Waals surface area contributed by atoms with Crippen molar-refractivity contribution >= 4 is 12.2 Å². The first-order valence-electron chi connectivity index (χ1n) is 6.79. The van der Waals surface area contributed by atoms with E-state index in [4.69, 9.17) is 23.4 Å². The summed E-state index contributed by atoms with van der Waals surface area (Å²) in [6.45, 7) is 0. The van der Waals surface area contributed by atoms with Crippen molar-refractivity contribution in [1.29, 1.82) is 0 Å². The molecular formula is C17H18O6. The highest BCUT2D eigenvalue weighted by atomic mass is 16.5. The van der Waals surface area contributed by atoms with Crippen LogP contribution in [0.3, 0.4) is 0 Å². The number of hydrogen-bond donors (Lipinski definition) is 0. The quantitative estimate of drug-likeness (QED) is 0.816. The average molecular weight is 318 g/mol. The first-order valence-corrected chi connectivity index (χ1v) is 6.79. The predicted octanol–water partition coefficient (Wildman–Crippen LogP) is 2.84. The highest BCUT2D eigenvalue weighted by molar-refractivity contribution is 5.69. The number of hydrogen-bond acceptors (Lipinski definition) is 6. The Bertz CT molecular complexity index is 760. The molecule has 2 rings (SSSR count). The summed E-state index contributed by atoms with van der Waals surface area (Å²) in [4.78, 5) is 11.8. The number of ether oxygens (including phenoxy) is 4. The van der Waals surface area contributed by atoms with Crippen LogP contribution in [0.1, 0.15) is 11.3 Å². The summed E-state index contributed by atoms with van der Waals surface area (Å²) in [5, 5.41) is 0. The van der Waals surface area contributed by atoms with E-state index in [1.165, 1.54) is 14.2 Å². The summed E-state index contributed by atoms with van der Waals surface area (Å²) >= 11 is 0. The lowest BCUT2D eigenvalue weighted by atomic mass is 10.1. The molecule has 0 saturated carbocycles. The molecule has 23 heavy (non-hydrogen) atoms. The van der Waals surface area contributed by atoms with Crippen LogP contribution in [-0.2, 0) is 0 Å². The van der Waals surface area contributed by atoms with Gasteiger partial charge in [-0.25, -0.2) is 4.79 Å². The molecular weight excluding hydrogens is 300 g/mol. The van der Waals surface area contributed by atoms with Gasteiger partial charge < -0.3 is 23.4 Å². The third kappa shape index (κ3) is 3.66. The summed E-state index contributed by atoms with van der Waals surface area (Å²) in [5.41, 5.74) is 0.263. The van der Waals surface area contributed by atoms with Crippen LogP contribution in [-0.4, -0.2) is 28.4 Å². The zero-order chi connectivity index (χ0) is 16.8. The first-order chi connectivity index (χ1) is 11.1. The van der Waals surface area contributed by atoms with E-state index in [9.17, 15) is 4.79 Å². The fourth-order valence-electron chi connectivity index (χ4n) is 2.03. The number of rotatable bonds is 6. The second-order valence-corrected chi connectivity index (χ2v) is 4.49. The summed E-state index contributed by atoms with van der Waals surface area (Å²) in [6, 6.07) is 7.05. The minimum atomic E-state index is -0.598. The third-order valence-corrected chi connectivity index (χ3v) is 3.16. The molecule has 0 fully saturated rings. The molecule has 122 valence electrons. The van der Waals surface area contributed by atoms with E-state index in [2.05, 4.69) is 0 Å². The van der Waals surface area contributed by atoms with Crippen LogP contribution < -0.4 is 24.6 Å². The minimum absolute atomic E-state index is 0.0377. The molecule has 1 heterocycles. The second-order valence-electron chi connectivity index (χ2n) is 4.49. The van der Waals surface area contributed by atoms with Gasteiger partial charge in [-0.1, -0.05) is 12.1 Å². The summed E-state index contributed by atoms with van der Waals surface area (Å²) < 4.78 is 25.7. The smallest absolute Gasteiger partial charge is 0.383 e. The maximum atomic E-state index is 11.8. The summed E-state index contributed by atoms with van der Waals surface area (Å²) in [6.07, 6.45) is 3.44. The molecule has 1 aromatic heterocycles. The third-order valence-electron chi connectivity index (χ3n) is 3.16. The van der Waals surface area contributed by atoms with Crippen LogP contribution in [0.5, 0.6) is 23.0 Å². The lowest BCUT2D eigenvalue weighted by Crippen LogP contribution is -2.06. The lowest BCUT2D eigenvalue weighted by Gasteiger charge is -2.08. The van der Waals surface area contributed by atoms with E-state index in [0.29, 0.717) is 23.0 Å². The monoisotopic (exact) mass is 318 g/mol. The zero-order valence-electron chi connectivity index (χ0n) is 13.4. The van der Waals surface area contributed by atoms with Gasteiger partial charge >= 0.3 is 5.63 Å². The van der Waals surface area contributed by atoms with E-state index < -0.39 is 5.63 Å². The number of methoxy groups -OCH3 is 4. The maximum absolute atomic E-state index is 11.8. The largest absolute Gasteiger partial charge is 0.493 e. The molecule has 0 unspecified atom stereocenters. The van der Waals surface area contributed by atoms with Gasteiger partial charge in [-0.2, -0.15) is 0 Å². The normalized spacial score (nSPS) is 10.6. The van der Waals surface area contributed by atoms with Gasteiger partial charge in [-0.3, -0.25) is 0 Å². The van der Waals surface area contributed by atoms with Gasteiger partial charge in [0.1, 0.15) is 5.76 Å². The molecule has 6 heteroatoms. The van der Waals surface area contributed by atoms with Gasteiger partial charge in [-0.15, -0.1) is 0 Å².